The monoisotopic (exact) mass is 314 g/mol. The minimum absolute atomic E-state index is 0.0777. The van der Waals surface area contributed by atoms with E-state index in [2.05, 4.69) is 0 Å². The van der Waals surface area contributed by atoms with Gasteiger partial charge in [0.2, 0.25) is 0 Å². The molecule has 0 atom stereocenters. The van der Waals surface area contributed by atoms with Crippen LogP contribution in [0.1, 0.15) is 34.1 Å². The summed E-state index contributed by atoms with van der Waals surface area (Å²) in [7, 11) is 2.99. The van der Waals surface area contributed by atoms with E-state index in [9.17, 15) is 14.7 Å². The van der Waals surface area contributed by atoms with Gasteiger partial charge in [-0.05, 0) is 47.5 Å². The van der Waals surface area contributed by atoms with Crippen molar-refractivity contribution in [2.75, 3.05) is 14.2 Å². The third kappa shape index (κ3) is 3.34. The van der Waals surface area contributed by atoms with Crippen molar-refractivity contribution < 1.29 is 24.2 Å². The van der Waals surface area contributed by atoms with Crippen LogP contribution in [0.15, 0.2) is 36.4 Å². The number of hydrogen-bond donors (Lipinski definition) is 1. The van der Waals surface area contributed by atoms with Gasteiger partial charge in [-0.25, -0.2) is 4.79 Å². The summed E-state index contributed by atoms with van der Waals surface area (Å²) in [5.41, 5.74) is 1.56. The molecule has 5 nitrogen and oxygen atoms in total. The Balaban J connectivity index is 2.70. The van der Waals surface area contributed by atoms with E-state index < -0.39 is 5.97 Å². The summed E-state index contributed by atoms with van der Waals surface area (Å²) >= 11 is 0. The van der Waals surface area contributed by atoms with E-state index in [-0.39, 0.29) is 11.3 Å². The molecule has 23 heavy (non-hydrogen) atoms. The number of benzene rings is 2. The zero-order valence-corrected chi connectivity index (χ0v) is 13.3. The molecule has 0 fully saturated rings. The first-order valence-electron chi connectivity index (χ1n) is 7.14. The smallest absolute Gasteiger partial charge is 0.336 e. The number of Topliss-reactive ketones (excluding diaryl/α,β-unsaturated/α-hetero) is 1. The Morgan fingerprint density at radius 3 is 1.83 bits per heavy atom. The first kappa shape index (κ1) is 16.5. The molecule has 0 spiro atoms. The van der Waals surface area contributed by atoms with Gasteiger partial charge in [-0.3, -0.25) is 4.79 Å². The minimum atomic E-state index is -1.08. The second kappa shape index (κ2) is 6.96. The second-order valence-corrected chi connectivity index (χ2v) is 4.90. The number of rotatable bonds is 6. The van der Waals surface area contributed by atoms with Crippen LogP contribution < -0.4 is 9.47 Å². The van der Waals surface area contributed by atoms with Gasteiger partial charge in [-0.2, -0.15) is 0 Å². The first-order valence-corrected chi connectivity index (χ1v) is 7.14. The molecule has 0 radical (unpaired) electrons. The lowest BCUT2D eigenvalue weighted by Gasteiger charge is -2.13. The third-order valence-electron chi connectivity index (χ3n) is 3.60. The molecule has 0 saturated carbocycles. The molecule has 0 aromatic heterocycles. The molecule has 0 unspecified atom stereocenters. The van der Waals surface area contributed by atoms with Crippen molar-refractivity contribution in [3.8, 4) is 22.6 Å². The number of ketones is 1. The van der Waals surface area contributed by atoms with Crippen LogP contribution in [0.3, 0.4) is 0 Å². The molecule has 0 saturated heterocycles. The van der Waals surface area contributed by atoms with Crippen LogP contribution in [0.2, 0.25) is 0 Å². The molecular formula is C18H18O5. The molecule has 0 aliphatic carbocycles. The lowest BCUT2D eigenvalue weighted by Crippen LogP contribution is -2.05. The maximum absolute atomic E-state index is 12.3. The minimum Gasteiger partial charge on any atom is -0.497 e. The highest BCUT2D eigenvalue weighted by molar-refractivity contribution is 6.06. The average molecular weight is 314 g/mol. The fraction of sp³-hybridized carbons (Fsp3) is 0.222. The third-order valence-corrected chi connectivity index (χ3v) is 3.60. The summed E-state index contributed by atoms with van der Waals surface area (Å²) in [5.74, 6) is -0.158. The molecule has 2 rings (SSSR count). The Morgan fingerprint density at radius 1 is 0.913 bits per heavy atom. The maximum Gasteiger partial charge on any atom is 0.336 e. The number of hydrogen-bond acceptors (Lipinski definition) is 4. The molecule has 0 aliphatic heterocycles. The second-order valence-electron chi connectivity index (χ2n) is 4.90. The number of carbonyl (C=O) groups excluding carboxylic acids is 1. The van der Waals surface area contributed by atoms with Crippen LogP contribution in [0.25, 0.3) is 11.1 Å². The van der Waals surface area contributed by atoms with Crippen molar-refractivity contribution in [1.82, 2.24) is 0 Å². The Bertz CT molecular complexity index is 749. The fourth-order valence-electron chi connectivity index (χ4n) is 2.37. The Hall–Kier alpha value is -2.82. The molecular weight excluding hydrogens is 296 g/mol. The molecule has 0 aliphatic rings. The highest BCUT2D eigenvalue weighted by Crippen LogP contribution is 2.33. The summed E-state index contributed by atoms with van der Waals surface area (Å²) in [5, 5.41) is 9.47. The van der Waals surface area contributed by atoms with Crippen LogP contribution in [-0.2, 0) is 0 Å². The first-order chi connectivity index (χ1) is 11.0. The molecule has 0 bridgehead atoms. The number of aromatic carboxylic acids is 1. The van der Waals surface area contributed by atoms with E-state index in [1.807, 2.05) is 0 Å². The SMILES string of the molecule is CCC(=O)c1cc(OC)ccc1-c1ccc(OC)cc1C(=O)O. The largest absolute Gasteiger partial charge is 0.497 e. The van der Waals surface area contributed by atoms with E-state index in [4.69, 9.17) is 9.47 Å². The van der Waals surface area contributed by atoms with Gasteiger partial charge in [0.1, 0.15) is 11.5 Å². The Morgan fingerprint density at radius 2 is 1.39 bits per heavy atom. The van der Waals surface area contributed by atoms with E-state index in [0.29, 0.717) is 34.6 Å². The molecule has 0 amide bonds. The number of methoxy groups -OCH3 is 2. The summed E-state index contributed by atoms with van der Waals surface area (Å²) in [4.78, 5) is 23.8. The van der Waals surface area contributed by atoms with Crippen molar-refractivity contribution in [2.45, 2.75) is 13.3 Å². The quantitative estimate of drug-likeness (QED) is 0.824. The molecule has 1 N–H and O–H groups in total. The van der Waals surface area contributed by atoms with Crippen LogP contribution >= 0.6 is 0 Å². The highest BCUT2D eigenvalue weighted by atomic mass is 16.5. The average Bonchev–Trinajstić information content (AvgIpc) is 2.59. The van der Waals surface area contributed by atoms with Gasteiger partial charge in [-0.1, -0.05) is 6.92 Å². The normalized spacial score (nSPS) is 10.2. The van der Waals surface area contributed by atoms with Crippen molar-refractivity contribution >= 4 is 11.8 Å². The van der Waals surface area contributed by atoms with Gasteiger partial charge < -0.3 is 14.6 Å². The zero-order chi connectivity index (χ0) is 17.0. The standard InChI is InChI=1S/C18H18O5/c1-4-17(19)15-9-11(22-2)5-7-13(15)14-8-6-12(23-3)10-16(14)18(20)21/h5-10H,4H2,1-3H3,(H,20,21). The van der Waals surface area contributed by atoms with Crippen molar-refractivity contribution in [3.05, 3.63) is 47.5 Å². The predicted octanol–water partition coefficient (Wildman–Crippen LogP) is 3.66. The summed E-state index contributed by atoms with van der Waals surface area (Å²) in [6, 6.07) is 9.81. The zero-order valence-electron chi connectivity index (χ0n) is 13.3. The van der Waals surface area contributed by atoms with Gasteiger partial charge in [0, 0.05) is 12.0 Å². The van der Waals surface area contributed by atoms with Gasteiger partial charge in [0.25, 0.3) is 0 Å². The van der Waals surface area contributed by atoms with Gasteiger partial charge in [0.05, 0.1) is 19.8 Å². The number of carbonyl (C=O) groups is 2. The topological polar surface area (TPSA) is 72.8 Å². The molecule has 5 heteroatoms. The molecule has 120 valence electrons. The van der Waals surface area contributed by atoms with Crippen LogP contribution in [-0.4, -0.2) is 31.1 Å². The van der Waals surface area contributed by atoms with Gasteiger partial charge >= 0.3 is 5.97 Å². The van der Waals surface area contributed by atoms with Crippen LogP contribution in [0, 0.1) is 0 Å². The number of carboxylic acids is 1. The number of ether oxygens (including phenoxy) is 2. The molecule has 2 aromatic rings. The summed E-state index contributed by atoms with van der Waals surface area (Å²) in [6.07, 6.45) is 0.318. The summed E-state index contributed by atoms with van der Waals surface area (Å²) < 4.78 is 10.2. The number of carboxylic acid groups (broad SMARTS) is 1. The van der Waals surface area contributed by atoms with Crippen molar-refractivity contribution in [1.29, 1.82) is 0 Å². The van der Waals surface area contributed by atoms with E-state index >= 15 is 0 Å². The highest BCUT2D eigenvalue weighted by Gasteiger charge is 2.19. The fourth-order valence-corrected chi connectivity index (χ4v) is 2.37. The predicted molar refractivity (Wildman–Crippen MR) is 86.6 cm³/mol. The van der Waals surface area contributed by atoms with E-state index in [1.165, 1.54) is 20.3 Å². The lowest BCUT2D eigenvalue weighted by molar-refractivity contribution is 0.0697. The van der Waals surface area contributed by atoms with Crippen molar-refractivity contribution in [3.63, 3.8) is 0 Å². The van der Waals surface area contributed by atoms with E-state index in [0.717, 1.165) is 0 Å². The van der Waals surface area contributed by atoms with Crippen molar-refractivity contribution in [2.24, 2.45) is 0 Å². The van der Waals surface area contributed by atoms with Gasteiger partial charge in [0.15, 0.2) is 5.78 Å². The van der Waals surface area contributed by atoms with Crippen LogP contribution in [0.5, 0.6) is 11.5 Å². The maximum atomic E-state index is 12.3. The Labute approximate surface area is 134 Å². The lowest BCUT2D eigenvalue weighted by atomic mass is 9.92. The van der Waals surface area contributed by atoms with Gasteiger partial charge in [-0.15, -0.1) is 0 Å². The molecule has 2 aromatic carbocycles. The summed E-state index contributed by atoms with van der Waals surface area (Å²) in [6.45, 7) is 1.76. The molecule has 0 heterocycles. The van der Waals surface area contributed by atoms with E-state index in [1.54, 1.807) is 37.3 Å². The van der Waals surface area contributed by atoms with Crippen LogP contribution in [0.4, 0.5) is 0 Å². The Kier molecular flexibility index (Phi) is 5.01.